The number of carbonyl (C=O) groups excluding carboxylic acids is 1. The van der Waals surface area contributed by atoms with Crippen molar-refractivity contribution in [3.8, 4) is 0 Å². The molecule has 0 radical (unpaired) electrons. The molecule has 1 heterocycles. The SMILES string of the molecule is NC(=O)c1ccc(=O)n(CCc2ccccc2)n1. The molecule has 5 nitrogen and oxygen atoms in total. The molecule has 0 saturated heterocycles. The van der Waals surface area contributed by atoms with E-state index in [1.807, 2.05) is 30.3 Å². The van der Waals surface area contributed by atoms with E-state index >= 15 is 0 Å². The zero-order chi connectivity index (χ0) is 13.0. The fourth-order valence-electron chi connectivity index (χ4n) is 1.62. The Balaban J connectivity index is 2.16. The van der Waals surface area contributed by atoms with Gasteiger partial charge in [-0.05, 0) is 18.1 Å². The summed E-state index contributed by atoms with van der Waals surface area (Å²) in [5.74, 6) is -0.636. The molecule has 0 atom stereocenters. The largest absolute Gasteiger partial charge is 0.364 e. The maximum absolute atomic E-state index is 11.6. The van der Waals surface area contributed by atoms with Crippen LogP contribution in [0.4, 0.5) is 0 Å². The Labute approximate surface area is 104 Å². The number of rotatable bonds is 4. The smallest absolute Gasteiger partial charge is 0.269 e. The third-order valence-electron chi connectivity index (χ3n) is 2.57. The fourth-order valence-corrected chi connectivity index (χ4v) is 1.62. The second-order valence-corrected chi connectivity index (χ2v) is 3.88. The number of aromatic nitrogens is 2. The van der Waals surface area contributed by atoms with Crippen LogP contribution in [-0.2, 0) is 13.0 Å². The Hall–Kier alpha value is -2.43. The summed E-state index contributed by atoms with van der Waals surface area (Å²) in [6.45, 7) is 0.421. The minimum atomic E-state index is -0.636. The van der Waals surface area contributed by atoms with Crippen molar-refractivity contribution in [3.05, 3.63) is 64.1 Å². The first kappa shape index (κ1) is 12.0. The maximum atomic E-state index is 11.6. The second-order valence-electron chi connectivity index (χ2n) is 3.88. The maximum Gasteiger partial charge on any atom is 0.269 e. The van der Waals surface area contributed by atoms with Gasteiger partial charge in [-0.25, -0.2) is 4.68 Å². The van der Waals surface area contributed by atoms with Crippen LogP contribution in [-0.4, -0.2) is 15.7 Å². The molecular weight excluding hydrogens is 230 g/mol. The van der Waals surface area contributed by atoms with Gasteiger partial charge in [0.1, 0.15) is 5.69 Å². The van der Waals surface area contributed by atoms with Gasteiger partial charge < -0.3 is 5.73 Å². The molecule has 0 saturated carbocycles. The summed E-state index contributed by atoms with van der Waals surface area (Å²) in [6.07, 6.45) is 0.677. The van der Waals surface area contributed by atoms with Crippen molar-refractivity contribution in [3.63, 3.8) is 0 Å². The van der Waals surface area contributed by atoms with Crippen LogP contribution in [0.2, 0.25) is 0 Å². The van der Waals surface area contributed by atoms with Gasteiger partial charge in [0, 0.05) is 12.6 Å². The van der Waals surface area contributed by atoms with E-state index in [9.17, 15) is 9.59 Å². The van der Waals surface area contributed by atoms with Crippen molar-refractivity contribution >= 4 is 5.91 Å². The first-order valence-electron chi connectivity index (χ1n) is 5.59. The summed E-state index contributed by atoms with van der Waals surface area (Å²) in [7, 11) is 0. The number of nitrogens with zero attached hydrogens (tertiary/aromatic N) is 2. The van der Waals surface area contributed by atoms with Crippen LogP contribution in [0, 0.1) is 0 Å². The number of nitrogens with two attached hydrogens (primary N) is 1. The molecular formula is C13H13N3O2. The monoisotopic (exact) mass is 243 g/mol. The quantitative estimate of drug-likeness (QED) is 0.853. The third kappa shape index (κ3) is 2.82. The number of hydrogen-bond acceptors (Lipinski definition) is 3. The van der Waals surface area contributed by atoms with Crippen molar-refractivity contribution in [1.82, 2.24) is 9.78 Å². The highest BCUT2D eigenvalue weighted by molar-refractivity contribution is 5.90. The van der Waals surface area contributed by atoms with Gasteiger partial charge >= 0.3 is 0 Å². The fraction of sp³-hybridized carbons (Fsp3) is 0.154. The highest BCUT2D eigenvalue weighted by atomic mass is 16.1. The van der Waals surface area contributed by atoms with Crippen molar-refractivity contribution in [2.24, 2.45) is 5.73 Å². The Morgan fingerprint density at radius 1 is 1.17 bits per heavy atom. The Kier molecular flexibility index (Phi) is 3.52. The molecule has 0 aliphatic rings. The molecule has 2 N–H and O–H groups in total. The van der Waals surface area contributed by atoms with E-state index in [1.165, 1.54) is 16.8 Å². The molecule has 1 aromatic heterocycles. The minimum absolute atomic E-state index is 0.0997. The van der Waals surface area contributed by atoms with Crippen molar-refractivity contribution in [2.75, 3.05) is 0 Å². The van der Waals surface area contributed by atoms with E-state index < -0.39 is 5.91 Å². The predicted molar refractivity (Wildman–Crippen MR) is 67.2 cm³/mol. The summed E-state index contributed by atoms with van der Waals surface area (Å²) in [5, 5.41) is 3.92. The van der Waals surface area contributed by atoms with Crippen molar-refractivity contribution in [2.45, 2.75) is 13.0 Å². The van der Waals surface area contributed by atoms with E-state index in [0.29, 0.717) is 13.0 Å². The molecule has 0 aliphatic heterocycles. The topological polar surface area (TPSA) is 78.0 Å². The highest BCUT2D eigenvalue weighted by Gasteiger charge is 2.05. The molecule has 2 rings (SSSR count). The molecule has 5 heteroatoms. The molecule has 1 amide bonds. The number of hydrogen-bond donors (Lipinski definition) is 1. The molecule has 0 unspecified atom stereocenters. The highest BCUT2D eigenvalue weighted by Crippen LogP contribution is 2.00. The number of carbonyl (C=O) groups is 1. The van der Waals surface area contributed by atoms with E-state index in [1.54, 1.807) is 0 Å². The summed E-state index contributed by atoms with van der Waals surface area (Å²) < 4.78 is 1.26. The van der Waals surface area contributed by atoms with Crippen LogP contribution in [0.25, 0.3) is 0 Å². The number of primary amides is 1. The third-order valence-corrected chi connectivity index (χ3v) is 2.57. The normalized spacial score (nSPS) is 10.2. The Morgan fingerprint density at radius 3 is 2.56 bits per heavy atom. The van der Waals surface area contributed by atoms with Crippen LogP contribution in [0.5, 0.6) is 0 Å². The van der Waals surface area contributed by atoms with Crippen LogP contribution >= 0.6 is 0 Å². The van der Waals surface area contributed by atoms with E-state index in [2.05, 4.69) is 5.10 Å². The van der Waals surface area contributed by atoms with E-state index in [-0.39, 0.29) is 11.3 Å². The molecule has 0 fully saturated rings. The lowest BCUT2D eigenvalue weighted by Crippen LogP contribution is -2.27. The number of amides is 1. The zero-order valence-electron chi connectivity index (χ0n) is 9.74. The van der Waals surface area contributed by atoms with Crippen molar-refractivity contribution in [1.29, 1.82) is 0 Å². The summed E-state index contributed by atoms with van der Waals surface area (Å²) in [5.41, 5.74) is 6.09. The van der Waals surface area contributed by atoms with Crippen LogP contribution in [0.15, 0.2) is 47.3 Å². The molecule has 18 heavy (non-hydrogen) atoms. The second kappa shape index (κ2) is 5.27. The van der Waals surface area contributed by atoms with Gasteiger partial charge in [-0.2, -0.15) is 5.10 Å². The molecule has 0 bridgehead atoms. The molecule has 92 valence electrons. The van der Waals surface area contributed by atoms with Gasteiger partial charge in [-0.15, -0.1) is 0 Å². The zero-order valence-corrected chi connectivity index (χ0v) is 9.74. The lowest BCUT2D eigenvalue weighted by atomic mass is 10.1. The van der Waals surface area contributed by atoms with E-state index in [0.717, 1.165) is 5.56 Å². The molecule has 0 spiro atoms. The van der Waals surface area contributed by atoms with Gasteiger partial charge in [0.25, 0.3) is 11.5 Å². The van der Waals surface area contributed by atoms with Gasteiger partial charge in [0.2, 0.25) is 0 Å². The lowest BCUT2D eigenvalue weighted by Gasteiger charge is -2.05. The van der Waals surface area contributed by atoms with Crippen molar-refractivity contribution < 1.29 is 4.79 Å². The van der Waals surface area contributed by atoms with Crippen LogP contribution in [0.3, 0.4) is 0 Å². The van der Waals surface area contributed by atoms with Crippen LogP contribution < -0.4 is 11.3 Å². The predicted octanol–water partition coefficient (Wildman–Crippen LogP) is 0.585. The first-order valence-corrected chi connectivity index (χ1v) is 5.59. The Bertz CT molecular complexity index is 605. The van der Waals surface area contributed by atoms with Gasteiger partial charge in [-0.1, -0.05) is 30.3 Å². The average Bonchev–Trinajstić information content (AvgIpc) is 2.38. The molecule has 2 aromatic rings. The summed E-state index contributed by atoms with van der Waals surface area (Å²) in [4.78, 5) is 22.5. The van der Waals surface area contributed by atoms with Crippen LogP contribution in [0.1, 0.15) is 16.1 Å². The minimum Gasteiger partial charge on any atom is -0.364 e. The number of benzene rings is 1. The van der Waals surface area contributed by atoms with Gasteiger partial charge in [-0.3, -0.25) is 9.59 Å². The summed E-state index contributed by atoms with van der Waals surface area (Å²) >= 11 is 0. The summed E-state index contributed by atoms with van der Waals surface area (Å²) in [6, 6.07) is 12.4. The van der Waals surface area contributed by atoms with E-state index in [4.69, 9.17) is 5.73 Å². The first-order chi connectivity index (χ1) is 8.66. The Morgan fingerprint density at radius 2 is 1.89 bits per heavy atom. The number of aryl methyl sites for hydroxylation is 2. The van der Waals surface area contributed by atoms with Gasteiger partial charge in [0.15, 0.2) is 0 Å². The standard InChI is InChI=1S/C13H13N3O2/c14-13(18)11-6-7-12(17)16(15-11)9-8-10-4-2-1-3-5-10/h1-7H,8-9H2,(H2,14,18). The average molecular weight is 243 g/mol. The lowest BCUT2D eigenvalue weighted by molar-refractivity contribution is 0.0993. The molecule has 0 aliphatic carbocycles. The van der Waals surface area contributed by atoms with Gasteiger partial charge in [0.05, 0.1) is 0 Å². The molecule has 1 aromatic carbocycles.